The van der Waals surface area contributed by atoms with Crippen LogP contribution in [-0.2, 0) is 14.9 Å². The number of hydrogen-bond donors (Lipinski definition) is 2. The van der Waals surface area contributed by atoms with E-state index in [1.165, 1.54) is 18.2 Å². The highest BCUT2D eigenvalue weighted by molar-refractivity contribution is 5.81. The molecule has 0 fully saturated rings. The SMILES string of the molecule is CCCCOCCC(CN)(C(=O)O)c1ccccc1F. The predicted molar refractivity (Wildman–Crippen MR) is 75.1 cm³/mol. The maximum Gasteiger partial charge on any atom is 0.315 e. The zero-order valence-electron chi connectivity index (χ0n) is 11.8. The van der Waals surface area contributed by atoms with Crippen LogP contribution in [0.4, 0.5) is 4.39 Å². The Labute approximate surface area is 118 Å². The number of unbranched alkanes of at least 4 members (excludes halogenated alkanes) is 1. The van der Waals surface area contributed by atoms with Crippen LogP contribution in [0, 0.1) is 5.82 Å². The lowest BCUT2D eigenvalue weighted by molar-refractivity contribution is -0.144. The van der Waals surface area contributed by atoms with Gasteiger partial charge in [-0.05, 0) is 18.9 Å². The highest BCUT2D eigenvalue weighted by atomic mass is 19.1. The molecule has 4 nitrogen and oxygen atoms in total. The van der Waals surface area contributed by atoms with Gasteiger partial charge < -0.3 is 15.6 Å². The molecule has 0 aliphatic rings. The molecule has 1 aromatic rings. The number of rotatable bonds is 9. The molecule has 1 unspecified atom stereocenters. The molecule has 0 radical (unpaired) electrons. The third kappa shape index (κ3) is 3.77. The van der Waals surface area contributed by atoms with Gasteiger partial charge in [0.1, 0.15) is 11.2 Å². The number of carboxylic acids is 1. The van der Waals surface area contributed by atoms with E-state index in [9.17, 15) is 14.3 Å². The number of halogens is 1. The van der Waals surface area contributed by atoms with Gasteiger partial charge in [0.2, 0.25) is 0 Å². The van der Waals surface area contributed by atoms with Crippen LogP contribution in [0.5, 0.6) is 0 Å². The van der Waals surface area contributed by atoms with E-state index in [0.717, 1.165) is 12.8 Å². The van der Waals surface area contributed by atoms with Gasteiger partial charge in [-0.25, -0.2) is 4.39 Å². The Morgan fingerprint density at radius 2 is 2.10 bits per heavy atom. The van der Waals surface area contributed by atoms with Crippen LogP contribution < -0.4 is 5.73 Å². The minimum atomic E-state index is -1.43. The van der Waals surface area contributed by atoms with E-state index in [1.54, 1.807) is 6.07 Å². The maximum atomic E-state index is 13.9. The fourth-order valence-electron chi connectivity index (χ4n) is 2.10. The van der Waals surface area contributed by atoms with Gasteiger partial charge in [-0.2, -0.15) is 0 Å². The fourth-order valence-corrected chi connectivity index (χ4v) is 2.10. The first-order chi connectivity index (χ1) is 9.58. The zero-order chi connectivity index (χ0) is 15.0. The average molecular weight is 283 g/mol. The number of nitrogens with two attached hydrogens (primary N) is 1. The molecule has 0 saturated heterocycles. The number of carbonyl (C=O) groups is 1. The van der Waals surface area contributed by atoms with Crippen LogP contribution in [0.25, 0.3) is 0 Å². The summed E-state index contributed by atoms with van der Waals surface area (Å²) in [5.74, 6) is -1.67. The van der Waals surface area contributed by atoms with Gasteiger partial charge in [0.15, 0.2) is 0 Å². The Bertz CT molecular complexity index is 439. The van der Waals surface area contributed by atoms with Crippen LogP contribution in [0.1, 0.15) is 31.7 Å². The van der Waals surface area contributed by atoms with Crippen molar-refractivity contribution in [2.75, 3.05) is 19.8 Å². The number of carboxylic acid groups (broad SMARTS) is 1. The van der Waals surface area contributed by atoms with E-state index in [0.29, 0.717) is 6.61 Å². The van der Waals surface area contributed by atoms with Crippen LogP contribution in [-0.4, -0.2) is 30.8 Å². The van der Waals surface area contributed by atoms with Gasteiger partial charge >= 0.3 is 5.97 Å². The maximum absolute atomic E-state index is 13.9. The lowest BCUT2D eigenvalue weighted by atomic mass is 9.77. The van der Waals surface area contributed by atoms with Crippen LogP contribution >= 0.6 is 0 Å². The molecule has 20 heavy (non-hydrogen) atoms. The van der Waals surface area contributed by atoms with Gasteiger partial charge in [-0.15, -0.1) is 0 Å². The summed E-state index contributed by atoms with van der Waals surface area (Å²) in [6, 6.07) is 5.87. The minimum absolute atomic E-state index is 0.120. The molecule has 1 aromatic carbocycles. The number of benzene rings is 1. The van der Waals surface area contributed by atoms with Gasteiger partial charge in [-0.3, -0.25) is 4.79 Å². The van der Waals surface area contributed by atoms with Gasteiger partial charge in [0, 0.05) is 25.3 Å². The molecule has 112 valence electrons. The summed E-state index contributed by atoms with van der Waals surface area (Å²) >= 11 is 0. The molecule has 0 amide bonds. The van der Waals surface area contributed by atoms with Gasteiger partial charge in [0.25, 0.3) is 0 Å². The van der Waals surface area contributed by atoms with Crippen molar-refractivity contribution < 1.29 is 19.0 Å². The Balaban J connectivity index is 2.87. The third-order valence-electron chi connectivity index (χ3n) is 3.46. The van der Waals surface area contributed by atoms with Crippen molar-refractivity contribution in [3.8, 4) is 0 Å². The molecular formula is C15H22FNO3. The quantitative estimate of drug-likeness (QED) is 0.682. The van der Waals surface area contributed by atoms with E-state index in [4.69, 9.17) is 10.5 Å². The van der Waals surface area contributed by atoms with E-state index >= 15 is 0 Å². The Hall–Kier alpha value is -1.46. The molecule has 0 saturated carbocycles. The molecule has 0 heterocycles. The van der Waals surface area contributed by atoms with Crippen LogP contribution in [0.2, 0.25) is 0 Å². The van der Waals surface area contributed by atoms with Crippen molar-refractivity contribution in [3.63, 3.8) is 0 Å². The first kappa shape index (κ1) is 16.6. The van der Waals surface area contributed by atoms with Crippen LogP contribution in [0.15, 0.2) is 24.3 Å². The van der Waals surface area contributed by atoms with Crippen molar-refractivity contribution in [1.29, 1.82) is 0 Å². The Morgan fingerprint density at radius 3 is 2.65 bits per heavy atom. The molecule has 0 aliphatic carbocycles. The third-order valence-corrected chi connectivity index (χ3v) is 3.46. The van der Waals surface area contributed by atoms with E-state index in [1.807, 2.05) is 6.92 Å². The number of hydrogen-bond acceptors (Lipinski definition) is 3. The summed E-state index contributed by atoms with van der Waals surface area (Å²) in [5, 5.41) is 9.50. The molecule has 1 atom stereocenters. The standard InChI is InChI=1S/C15H22FNO3/c1-2-3-9-20-10-8-15(11-17,14(18)19)12-6-4-5-7-13(12)16/h4-7H,2-3,8-11,17H2,1H3,(H,18,19). The van der Waals surface area contributed by atoms with E-state index < -0.39 is 17.2 Å². The first-order valence-corrected chi connectivity index (χ1v) is 6.84. The minimum Gasteiger partial charge on any atom is -0.481 e. The number of aliphatic carboxylic acids is 1. The molecule has 0 spiro atoms. The van der Waals surface area contributed by atoms with Gasteiger partial charge in [-0.1, -0.05) is 31.5 Å². The highest BCUT2D eigenvalue weighted by Crippen LogP contribution is 2.30. The zero-order valence-corrected chi connectivity index (χ0v) is 11.8. The van der Waals surface area contributed by atoms with E-state index in [2.05, 4.69) is 0 Å². The van der Waals surface area contributed by atoms with Crippen molar-refractivity contribution in [2.24, 2.45) is 5.73 Å². The summed E-state index contributed by atoms with van der Waals surface area (Å²) in [6.45, 7) is 2.70. The summed E-state index contributed by atoms with van der Waals surface area (Å²) in [7, 11) is 0. The lowest BCUT2D eigenvalue weighted by Crippen LogP contribution is -2.44. The van der Waals surface area contributed by atoms with Crippen LogP contribution in [0.3, 0.4) is 0 Å². The highest BCUT2D eigenvalue weighted by Gasteiger charge is 2.40. The molecule has 1 rings (SSSR count). The molecule has 3 N–H and O–H groups in total. The lowest BCUT2D eigenvalue weighted by Gasteiger charge is -2.28. The molecule has 0 aromatic heterocycles. The monoisotopic (exact) mass is 283 g/mol. The topological polar surface area (TPSA) is 72.5 Å². The predicted octanol–water partition coefficient (Wildman–Crippen LogP) is 2.31. The second-order valence-electron chi connectivity index (χ2n) is 4.79. The normalized spacial score (nSPS) is 13.9. The summed E-state index contributed by atoms with van der Waals surface area (Å²) in [4.78, 5) is 11.6. The first-order valence-electron chi connectivity index (χ1n) is 6.84. The van der Waals surface area contributed by atoms with Crippen molar-refractivity contribution in [1.82, 2.24) is 0 Å². The Morgan fingerprint density at radius 1 is 1.40 bits per heavy atom. The van der Waals surface area contributed by atoms with Crippen molar-refractivity contribution in [2.45, 2.75) is 31.6 Å². The van der Waals surface area contributed by atoms with E-state index in [-0.39, 0.29) is 25.1 Å². The van der Waals surface area contributed by atoms with Crippen molar-refractivity contribution in [3.05, 3.63) is 35.6 Å². The van der Waals surface area contributed by atoms with Crippen molar-refractivity contribution >= 4 is 5.97 Å². The van der Waals surface area contributed by atoms with Gasteiger partial charge in [0.05, 0.1) is 0 Å². The molecular weight excluding hydrogens is 261 g/mol. The molecule has 0 bridgehead atoms. The second-order valence-corrected chi connectivity index (χ2v) is 4.79. The molecule has 0 aliphatic heterocycles. The number of ether oxygens (including phenoxy) is 1. The smallest absolute Gasteiger partial charge is 0.315 e. The largest absolute Gasteiger partial charge is 0.481 e. The summed E-state index contributed by atoms with van der Waals surface area (Å²) in [5.41, 5.74) is 4.33. The summed E-state index contributed by atoms with van der Waals surface area (Å²) < 4.78 is 19.3. The second kappa shape index (κ2) is 7.97. The Kier molecular flexibility index (Phi) is 6.61. The average Bonchev–Trinajstić information content (AvgIpc) is 2.44. The molecule has 5 heteroatoms. The fraction of sp³-hybridized carbons (Fsp3) is 0.533. The summed E-state index contributed by atoms with van der Waals surface area (Å²) in [6.07, 6.45) is 2.08.